The molecular formula is C20H32FN3O3S. The van der Waals surface area contributed by atoms with Crippen molar-refractivity contribution in [1.29, 1.82) is 0 Å². The summed E-state index contributed by atoms with van der Waals surface area (Å²) >= 11 is 0. The van der Waals surface area contributed by atoms with Gasteiger partial charge < -0.3 is 15.4 Å². The lowest BCUT2D eigenvalue weighted by Gasteiger charge is -2.42. The van der Waals surface area contributed by atoms with Gasteiger partial charge in [0.15, 0.2) is 15.8 Å². The van der Waals surface area contributed by atoms with Crippen molar-refractivity contribution in [1.82, 2.24) is 10.6 Å². The summed E-state index contributed by atoms with van der Waals surface area (Å²) < 4.78 is 42.2. The van der Waals surface area contributed by atoms with Crippen molar-refractivity contribution in [2.75, 3.05) is 33.1 Å². The molecule has 158 valence electrons. The third-order valence-corrected chi connectivity index (χ3v) is 6.05. The van der Waals surface area contributed by atoms with Crippen molar-refractivity contribution in [3.63, 3.8) is 0 Å². The van der Waals surface area contributed by atoms with Crippen LogP contribution in [0.2, 0.25) is 0 Å². The van der Waals surface area contributed by atoms with E-state index < -0.39 is 15.7 Å². The molecule has 1 saturated carbocycles. The van der Waals surface area contributed by atoms with E-state index in [0.717, 1.165) is 19.6 Å². The Kier molecular flexibility index (Phi) is 8.24. The number of sulfone groups is 1. The van der Waals surface area contributed by atoms with Gasteiger partial charge in [-0.3, -0.25) is 0 Å². The van der Waals surface area contributed by atoms with E-state index in [1.54, 1.807) is 7.11 Å². The molecule has 1 aliphatic rings. The summed E-state index contributed by atoms with van der Waals surface area (Å²) in [5.41, 5.74) is 1.41. The van der Waals surface area contributed by atoms with Gasteiger partial charge in [-0.05, 0) is 54.9 Å². The van der Waals surface area contributed by atoms with Crippen molar-refractivity contribution in [3.8, 4) is 0 Å². The Balaban J connectivity index is 2.09. The van der Waals surface area contributed by atoms with E-state index in [9.17, 15) is 12.8 Å². The Morgan fingerprint density at radius 1 is 1.29 bits per heavy atom. The van der Waals surface area contributed by atoms with Crippen LogP contribution in [0.25, 0.3) is 0 Å². The maximum Gasteiger partial charge on any atom is 0.191 e. The summed E-state index contributed by atoms with van der Waals surface area (Å²) in [6, 6.07) is 4.17. The maximum absolute atomic E-state index is 13.7. The standard InChI is InChI=1S/C20H32FN3O3S/c1-4-22-19(24-15-20(8-5-9-20)10-11-27-2)23-13-17-12-18(21)7-6-16(17)14-28(3,25)26/h6-7,12H,4-5,8-11,13-15H2,1-3H3,(H2,22,23,24). The predicted molar refractivity (Wildman–Crippen MR) is 111 cm³/mol. The lowest BCUT2D eigenvalue weighted by atomic mass is 9.67. The fourth-order valence-corrected chi connectivity index (χ4v) is 4.30. The molecule has 0 amide bonds. The number of halogens is 1. The number of aliphatic imine (C=N–C) groups is 1. The molecule has 28 heavy (non-hydrogen) atoms. The molecule has 1 aromatic rings. The fraction of sp³-hybridized carbons (Fsp3) is 0.650. The average Bonchev–Trinajstić information content (AvgIpc) is 2.59. The van der Waals surface area contributed by atoms with Gasteiger partial charge in [0.05, 0.1) is 12.3 Å². The molecule has 0 aromatic heterocycles. The first kappa shape index (κ1) is 22.6. The summed E-state index contributed by atoms with van der Waals surface area (Å²) in [7, 11) is -1.49. The molecule has 1 aliphatic carbocycles. The van der Waals surface area contributed by atoms with Gasteiger partial charge in [0.2, 0.25) is 0 Å². The minimum absolute atomic E-state index is 0.123. The third-order valence-electron chi connectivity index (χ3n) is 5.22. The van der Waals surface area contributed by atoms with Crippen LogP contribution in [0.5, 0.6) is 0 Å². The van der Waals surface area contributed by atoms with Crippen LogP contribution in [-0.4, -0.2) is 47.4 Å². The van der Waals surface area contributed by atoms with Crippen LogP contribution in [0, 0.1) is 11.2 Å². The lowest BCUT2D eigenvalue weighted by molar-refractivity contribution is 0.0732. The summed E-state index contributed by atoms with van der Waals surface area (Å²) in [4.78, 5) is 4.56. The highest BCUT2D eigenvalue weighted by Gasteiger charge is 2.36. The Bertz CT molecular complexity index is 777. The molecule has 1 fully saturated rings. The van der Waals surface area contributed by atoms with E-state index >= 15 is 0 Å². The monoisotopic (exact) mass is 413 g/mol. The smallest absolute Gasteiger partial charge is 0.191 e. The Hall–Kier alpha value is -1.67. The van der Waals surface area contributed by atoms with E-state index in [1.807, 2.05) is 6.92 Å². The van der Waals surface area contributed by atoms with Crippen molar-refractivity contribution in [3.05, 3.63) is 35.1 Å². The number of hydrogen-bond acceptors (Lipinski definition) is 4. The van der Waals surface area contributed by atoms with E-state index in [0.29, 0.717) is 23.6 Å². The highest BCUT2D eigenvalue weighted by atomic mass is 32.2. The Morgan fingerprint density at radius 2 is 2.04 bits per heavy atom. The van der Waals surface area contributed by atoms with Crippen LogP contribution in [0.3, 0.4) is 0 Å². The molecule has 0 spiro atoms. The first-order valence-electron chi connectivity index (χ1n) is 9.73. The number of guanidine groups is 1. The molecule has 1 aromatic carbocycles. The minimum Gasteiger partial charge on any atom is -0.385 e. The quantitative estimate of drug-likeness (QED) is 0.455. The van der Waals surface area contributed by atoms with Crippen molar-refractivity contribution >= 4 is 15.8 Å². The second-order valence-electron chi connectivity index (χ2n) is 7.63. The van der Waals surface area contributed by atoms with Gasteiger partial charge in [-0.25, -0.2) is 17.8 Å². The number of rotatable bonds is 10. The van der Waals surface area contributed by atoms with Gasteiger partial charge in [-0.2, -0.15) is 0 Å². The zero-order valence-corrected chi connectivity index (χ0v) is 17.9. The van der Waals surface area contributed by atoms with Crippen molar-refractivity contribution in [2.45, 2.75) is 44.9 Å². The van der Waals surface area contributed by atoms with Crippen LogP contribution >= 0.6 is 0 Å². The predicted octanol–water partition coefficient (Wildman–Crippen LogP) is 2.63. The Labute approximate surface area is 167 Å². The summed E-state index contributed by atoms with van der Waals surface area (Å²) in [5.74, 6) is 0.136. The number of hydrogen-bond donors (Lipinski definition) is 2. The van der Waals surface area contributed by atoms with E-state index in [-0.39, 0.29) is 17.7 Å². The summed E-state index contributed by atoms with van der Waals surface area (Å²) in [6.45, 7) is 4.45. The first-order valence-corrected chi connectivity index (χ1v) is 11.8. The number of nitrogens with zero attached hydrogens (tertiary/aromatic N) is 1. The zero-order valence-electron chi connectivity index (χ0n) is 17.1. The highest BCUT2D eigenvalue weighted by Crippen LogP contribution is 2.43. The maximum atomic E-state index is 13.7. The molecule has 0 radical (unpaired) electrons. The van der Waals surface area contributed by atoms with Gasteiger partial charge in [0.25, 0.3) is 0 Å². The van der Waals surface area contributed by atoms with Gasteiger partial charge in [-0.1, -0.05) is 12.5 Å². The van der Waals surface area contributed by atoms with Crippen LogP contribution in [0.4, 0.5) is 4.39 Å². The topological polar surface area (TPSA) is 79.8 Å². The summed E-state index contributed by atoms with van der Waals surface area (Å²) in [5, 5.41) is 6.60. The van der Waals surface area contributed by atoms with Gasteiger partial charge in [-0.15, -0.1) is 0 Å². The molecule has 2 rings (SSSR count). The zero-order chi connectivity index (χ0) is 20.6. The number of ether oxygens (including phenoxy) is 1. The number of benzene rings is 1. The van der Waals surface area contributed by atoms with Crippen molar-refractivity contribution in [2.24, 2.45) is 10.4 Å². The molecule has 6 nitrogen and oxygen atoms in total. The van der Waals surface area contributed by atoms with E-state index in [4.69, 9.17) is 4.74 Å². The molecule has 0 atom stereocenters. The highest BCUT2D eigenvalue weighted by molar-refractivity contribution is 7.89. The van der Waals surface area contributed by atoms with Gasteiger partial charge in [0, 0.05) is 33.1 Å². The second-order valence-corrected chi connectivity index (χ2v) is 9.77. The van der Waals surface area contributed by atoms with Crippen LogP contribution in [0.15, 0.2) is 23.2 Å². The molecule has 2 N–H and O–H groups in total. The third kappa shape index (κ3) is 7.05. The normalized spacial score (nSPS) is 16.5. The molecule has 0 bridgehead atoms. The van der Waals surface area contributed by atoms with Crippen LogP contribution in [0.1, 0.15) is 43.7 Å². The average molecular weight is 414 g/mol. The van der Waals surface area contributed by atoms with E-state index in [2.05, 4.69) is 15.6 Å². The van der Waals surface area contributed by atoms with E-state index in [1.165, 1.54) is 43.7 Å². The van der Waals surface area contributed by atoms with Gasteiger partial charge in [0.1, 0.15) is 5.82 Å². The SMILES string of the molecule is CCNC(=NCc1cc(F)ccc1CS(C)(=O)=O)NCC1(CCOC)CCC1. The second kappa shape index (κ2) is 10.2. The largest absolute Gasteiger partial charge is 0.385 e. The molecule has 0 heterocycles. The molecule has 0 saturated heterocycles. The fourth-order valence-electron chi connectivity index (χ4n) is 3.45. The lowest BCUT2D eigenvalue weighted by Crippen LogP contribution is -2.47. The van der Waals surface area contributed by atoms with Gasteiger partial charge >= 0.3 is 0 Å². The minimum atomic E-state index is -3.21. The number of nitrogens with one attached hydrogen (secondary N) is 2. The van der Waals surface area contributed by atoms with Crippen LogP contribution < -0.4 is 10.6 Å². The summed E-state index contributed by atoms with van der Waals surface area (Å²) in [6.07, 6.45) is 5.76. The molecule has 0 unspecified atom stereocenters. The number of methoxy groups -OCH3 is 1. The van der Waals surface area contributed by atoms with Crippen LogP contribution in [-0.2, 0) is 26.9 Å². The van der Waals surface area contributed by atoms with Crippen molar-refractivity contribution < 1.29 is 17.5 Å². The molecule has 0 aliphatic heterocycles. The molecule has 8 heteroatoms. The first-order chi connectivity index (χ1) is 13.3. The Morgan fingerprint density at radius 3 is 2.61 bits per heavy atom. The molecular weight excluding hydrogens is 381 g/mol.